The summed E-state index contributed by atoms with van der Waals surface area (Å²) in [6.45, 7) is 4.23. The Balaban J connectivity index is 1.67. The van der Waals surface area contributed by atoms with Gasteiger partial charge in [0.05, 0.1) is 17.8 Å². The summed E-state index contributed by atoms with van der Waals surface area (Å²) >= 11 is 11.9. The molecule has 0 radical (unpaired) electrons. The molecule has 1 aliphatic rings. The first-order valence-corrected chi connectivity index (χ1v) is 11.5. The number of phenolic OH excluding ortho intramolecular Hbond substituents is 1. The molecule has 1 aliphatic heterocycles. The van der Waals surface area contributed by atoms with E-state index in [1.54, 1.807) is 18.3 Å². The minimum atomic E-state index is -0.133. The molecule has 1 saturated heterocycles. The third kappa shape index (κ3) is 3.86. The molecule has 2 aromatic heterocycles. The number of phenols is 1. The average Bonchev–Trinajstić information content (AvgIpc) is 3.31. The molecule has 0 unspecified atom stereocenters. The maximum atomic E-state index is 9.82. The summed E-state index contributed by atoms with van der Waals surface area (Å²) in [5.74, 6) is 0.218. The lowest BCUT2D eigenvalue weighted by atomic mass is 9.96. The van der Waals surface area contributed by atoms with Crippen molar-refractivity contribution in [2.24, 2.45) is 0 Å². The zero-order valence-electron chi connectivity index (χ0n) is 18.2. The van der Waals surface area contributed by atoms with Crippen molar-refractivity contribution < 1.29 is 5.11 Å². The van der Waals surface area contributed by atoms with Crippen LogP contribution in [0.1, 0.15) is 34.7 Å². The average molecular weight is 475 g/mol. The first-order chi connectivity index (χ1) is 15.9. The van der Waals surface area contributed by atoms with Gasteiger partial charge in [0.2, 0.25) is 0 Å². The fourth-order valence-corrected chi connectivity index (χ4v) is 5.11. The predicted octanol–water partition coefficient (Wildman–Crippen LogP) is 6.03. The van der Waals surface area contributed by atoms with Crippen LogP contribution in [0.4, 0.5) is 5.69 Å². The number of halogens is 1. The van der Waals surface area contributed by atoms with Crippen LogP contribution in [0.25, 0.3) is 5.69 Å². The van der Waals surface area contributed by atoms with Crippen LogP contribution in [0.2, 0.25) is 5.02 Å². The van der Waals surface area contributed by atoms with E-state index in [1.165, 1.54) is 0 Å². The van der Waals surface area contributed by atoms with Crippen molar-refractivity contribution in [2.45, 2.75) is 25.9 Å². The topological polar surface area (TPSA) is 53.3 Å². The highest BCUT2D eigenvalue weighted by atomic mass is 35.5. The molecule has 2 aromatic carbocycles. The van der Waals surface area contributed by atoms with E-state index in [2.05, 4.69) is 39.7 Å². The Kier molecular flexibility index (Phi) is 5.56. The molecule has 0 spiro atoms. The molecule has 4 aromatic rings. The van der Waals surface area contributed by atoms with Crippen molar-refractivity contribution in [3.63, 3.8) is 0 Å². The Morgan fingerprint density at radius 1 is 0.970 bits per heavy atom. The highest BCUT2D eigenvalue weighted by Gasteiger charge is 2.42. The minimum Gasteiger partial charge on any atom is -0.508 e. The van der Waals surface area contributed by atoms with E-state index in [0.29, 0.717) is 10.1 Å². The van der Waals surface area contributed by atoms with Gasteiger partial charge in [-0.3, -0.25) is 4.98 Å². The summed E-state index contributed by atoms with van der Waals surface area (Å²) in [5, 5.41) is 14.6. The van der Waals surface area contributed by atoms with Gasteiger partial charge in [0.15, 0.2) is 5.11 Å². The van der Waals surface area contributed by atoms with Gasteiger partial charge in [-0.2, -0.15) is 0 Å². The maximum Gasteiger partial charge on any atom is 0.174 e. The summed E-state index contributed by atoms with van der Waals surface area (Å²) in [6.07, 6.45) is 1.80. The van der Waals surface area contributed by atoms with Gasteiger partial charge in [0.25, 0.3) is 0 Å². The molecule has 2 N–H and O–H groups in total. The molecule has 1 fully saturated rings. The van der Waals surface area contributed by atoms with Crippen molar-refractivity contribution >= 4 is 34.6 Å². The zero-order valence-corrected chi connectivity index (χ0v) is 19.8. The maximum absolute atomic E-state index is 9.82. The van der Waals surface area contributed by atoms with Gasteiger partial charge in [0.1, 0.15) is 5.75 Å². The number of rotatable bonds is 4. The van der Waals surface area contributed by atoms with Gasteiger partial charge in [-0.25, -0.2) is 0 Å². The van der Waals surface area contributed by atoms with Crippen LogP contribution < -0.4 is 10.2 Å². The van der Waals surface area contributed by atoms with Crippen molar-refractivity contribution in [3.05, 3.63) is 107 Å². The van der Waals surface area contributed by atoms with Crippen LogP contribution in [0.5, 0.6) is 5.75 Å². The molecule has 0 bridgehead atoms. The van der Waals surface area contributed by atoms with Gasteiger partial charge >= 0.3 is 0 Å². The zero-order chi connectivity index (χ0) is 23.1. The molecule has 0 aliphatic carbocycles. The number of anilines is 1. The van der Waals surface area contributed by atoms with E-state index in [9.17, 15) is 5.11 Å². The van der Waals surface area contributed by atoms with Gasteiger partial charge in [0, 0.05) is 34.0 Å². The quantitative estimate of drug-likeness (QED) is 0.354. The number of aromatic hydroxyl groups is 1. The number of aryl methyl sites for hydroxylation is 1. The molecule has 33 heavy (non-hydrogen) atoms. The molecular formula is C26H23ClN4OS. The number of nitrogens with one attached hydrogen (secondary N) is 1. The lowest BCUT2D eigenvalue weighted by Gasteiger charge is -2.28. The summed E-state index contributed by atoms with van der Waals surface area (Å²) < 4.78 is 2.23. The van der Waals surface area contributed by atoms with Crippen molar-refractivity contribution in [2.75, 3.05) is 4.90 Å². The molecule has 0 saturated carbocycles. The normalized spacial score (nSPS) is 17.9. The lowest BCUT2D eigenvalue weighted by molar-refractivity contribution is 0.475. The molecule has 0 amide bonds. The lowest BCUT2D eigenvalue weighted by Crippen LogP contribution is -2.29. The molecule has 2 atom stereocenters. The summed E-state index contributed by atoms with van der Waals surface area (Å²) in [5.41, 5.74) is 6.27. The Labute approximate surface area is 203 Å². The fourth-order valence-electron chi connectivity index (χ4n) is 4.64. The van der Waals surface area contributed by atoms with Crippen LogP contribution in [-0.4, -0.2) is 19.8 Å². The predicted molar refractivity (Wildman–Crippen MR) is 136 cm³/mol. The second kappa shape index (κ2) is 8.54. The Bertz CT molecular complexity index is 1300. The third-order valence-electron chi connectivity index (χ3n) is 6.10. The third-order valence-corrected chi connectivity index (χ3v) is 6.67. The van der Waals surface area contributed by atoms with E-state index >= 15 is 0 Å². The fraction of sp³-hybridized carbons (Fsp3) is 0.154. The van der Waals surface area contributed by atoms with E-state index in [-0.39, 0.29) is 17.8 Å². The van der Waals surface area contributed by atoms with Crippen LogP contribution in [0, 0.1) is 13.8 Å². The monoisotopic (exact) mass is 474 g/mol. The number of aromatic nitrogens is 2. The second-order valence-electron chi connectivity index (χ2n) is 8.15. The second-order valence-corrected chi connectivity index (χ2v) is 8.97. The van der Waals surface area contributed by atoms with Crippen molar-refractivity contribution in [3.8, 4) is 11.4 Å². The molecular weight excluding hydrogens is 452 g/mol. The first-order valence-electron chi connectivity index (χ1n) is 10.7. The first kappa shape index (κ1) is 21.5. The van der Waals surface area contributed by atoms with E-state index in [1.807, 2.05) is 54.6 Å². The number of hydrogen-bond donors (Lipinski definition) is 2. The van der Waals surface area contributed by atoms with Crippen LogP contribution >= 0.6 is 23.8 Å². The Morgan fingerprint density at radius 2 is 1.67 bits per heavy atom. The number of benzene rings is 2. The standard InChI is InChI=1S/C26H23ClN4OS/c1-16-15-22(17(2)30(16)19-8-6-18(27)7-9-19)25-24(23-5-3-4-14-28-23)29-26(33)31(25)20-10-12-21(32)13-11-20/h3-15,24-25,32H,1-2H3,(H,29,33)/t24-,25+/m0/s1. The van der Waals surface area contributed by atoms with Gasteiger partial charge in [-0.1, -0.05) is 17.7 Å². The van der Waals surface area contributed by atoms with Gasteiger partial charge in [-0.05, 0) is 98.4 Å². The van der Waals surface area contributed by atoms with E-state index in [4.69, 9.17) is 23.8 Å². The molecule has 5 nitrogen and oxygen atoms in total. The summed E-state index contributed by atoms with van der Waals surface area (Å²) in [6, 6.07) is 22.9. The SMILES string of the molecule is Cc1cc([C@@H]2[C@H](c3ccccn3)NC(=S)N2c2ccc(O)cc2)c(C)n1-c1ccc(Cl)cc1. The summed E-state index contributed by atoms with van der Waals surface area (Å²) in [7, 11) is 0. The summed E-state index contributed by atoms with van der Waals surface area (Å²) in [4.78, 5) is 6.74. The number of pyridine rings is 1. The van der Waals surface area contributed by atoms with Crippen LogP contribution in [-0.2, 0) is 0 Å². The number of thiocarbonyl (C=S) groups is 1. The van der Waals surface area contributed by atoms with Crippen molar-refractivity contribution in [1.29, 1.82) is 0 Å². The number of hydrogen-bond acceptors (Lipinski definition) is 3. The van der Waals surface area contributed by atoms with Gasteiger partial charge < -0.3 is 19.9 Å². The highest BCUT2D eigenvalue weighted by molar-refractivity contribution is 7.80. The van der Waals surface area contributed by atoms with Crippen LogP contribution in [0.3, 0.4) is 0 Å². The van der Waals surface area contributed by atoms with Crippen LogP contribution in [0.15, 0.2) is 79.0 Å². The molecule has 5 rings (SSSR count). The molecule has 166 valence electrons. The Hall–Kier alpha value is -3.35. The smallest absolute Gasteiger partial charge is 0.174 e. The van der Waals surface area contributed by atoms with E-state index < -0.39 is 0 Å². The minimum absolute atomic E-state index is 0.121. The molecule has 3 heterocycles. The van der Waals surface area contributed by atoms with E-state index in [0.717, 1.165) is 34.0 Å². The highest BCUT2D eigenvalue weighted by Crippen LogP contribution is 2.44. The van der Waals surface area contributed by atoms with Crippen molar-refractivity contribution in [1.82, 2.24) is 14.9 Å². The largest absolute Gasteiger partial charge is 0.508 e. The Morgan fingerprint density at radius 3 is 2.33 bits per heavy atom. The molecule has 7 heteroatoms. The number of nitrogens with zero attached hydrogens (tertiary/aromatic N) is 3. The van der Waals surface area contributed by atoms with Gasteiger partial charge in [-0.15, -0.1) is 0 Å².